The number of methoxy groups -OCH3 is 1. The summed E-state index contributed by atoms with van der Waals surface area (Å²) in [4.78, 5) is 12.4. The van der Waals surface area contributed by atoms with Gasteiger partial charge in [0.2, 0.25) is 5.91 Å². The van der Waals surface area contributed by atoms with Crippen molar-refractivity contribution in [3.05, 3.63) is 60.2 Å². The normalized spacial score (nSPS) is 11.8. The lowest BCUT2D eigenvalue weighted by molar-refractivity contribution is -0.122. The lowest BCUT2D eigenvalue weighted by Gasteiger charge is -2.21. The molecule has 1 N–H and O–H groups in total. The Hall–Kier alpha value is -2.49. The predicted octanol–water partition coefficient (Wildman–Crippen LogP) is 4.76. The van der Waals surface area contributed by atoms with Gasteiger partial charge in [-0.15, -0.1) is 0 Å². The van der Waals surface area contributed by atoms with Crippen molar-refractivity contribution in [2.45, 2.75) is 39.2 Å². The third-order valence-electron chi connectivity index (χ3n) is 4.12. The fourth-order valence-corrected chi connectivity index (χ4v) is 2.79. The van der Waals surface area contributed by atoms with E-state index in [0.717, 1.165) is 23.5 Å². The number of ether oxygens (including phenoxy) is 2. The minimum atomic E-state index is 0.0171. The summed E-state index contributed by atoms with van der Waals surface area (Å²) in [5.74, 6) is 2.21. The quantitative estimate of drug-likeness (QED) is 0.625. The highest BCUT2D eigenvalue weighted by Crippen LogP contribution is 2.23. The first-order chi connectivity index (χ1) is 12.6. The monoisotopic (exact) mass is 355 g/mol. The van der Waals surface area contributed by atoms with Gasteiger partial charge in [0.15, 0.2) is 0 Å². The van der Waals surface area contributed by atoms with Gasteiger partial charge in [0.25, 0.3) is 0 Å². The van der Waals surface area contributed by atoms with Gasteiger partial charge in [0, 0.05) is 6.42 Å². The van der Waals surface area contributed by atoms with E-state index in [1.165, 1.54) is 0 Å². The number of hydrogen-bond acceptors (Lipinski definition) is 3. The van der Waals surface area contributed by atoms with E-state index < -0.39 is 0 Å². The number of hydrogen-bond donors (Lipinski definition) is 1. The van der Waals surface area contributed by atoms with E-state index in [2.05, 4.69) is 19.2 Å². The van der Waals surface area contributed by atoms with E-state index in [-0.39, 0.29) is 11.9 Å². The van der Waals surface area contributed by atoms with Crippen molar-refractivity contribution in [3.63, 3.8) is 0 Å². The Morgan fingerprint density at radius 1 is 1.00 bits per heavy atom. The van der Waals surface area contributed by atoms with Crippen LogP contribution in [0.5, 0.6) is 11.5 Å². The third kappa shape index (κ3) is 6.79. The molecule has 140 valence electrons. The molecule has 2 aromatic rings. The summed E-state index contributed by atoms with van der Waals surface area (Å²) in [6.07, 6.45) is 2.05. The van der Waals surface area contributed by atoms with E-state index in [1.807, 2.05) is 54.6 Å². The van der Waals surface area contributed by atoms with Crippen LogP contribution in [0.2, 0.25) is 0 Å². The topological polar surface area (TPSA) is 47.6 Å². The Labute approximate surface area is 156 Å². The Morgan fingerprint density at radius 2 is 1.69 bits per heavy atom. The van der Waals surface area contributed by atoms with Gasteiger partial charge >= 0.3 is 0 Å². The molecule has 0 heterocycles. The van der Waals surface area contributed by atoms with Crippen LogP contribution in [0.4, 0.5) is 0 Å². The molecule has 1 amide bonds. The average molecular weight is 355 g/mol. The van der Waals surface area contributed by atoms with Crippen LogP contribution in [-0.2, 0) is 4.79 Å². The fraction of sp³-hybridized carbons (Fsp3) is 0.409. The summed E-state index contributed by atoms with van der Waals surface area (Å²) in [6, 6.07) is 17.6. The molecule has 0 aliphatic heterocycles. The van der Waals surface area contributed by atoms with Crippen LogP contribution in [-0.4, -0.2) is 19.6 Å². The van der Waals surface area contributed by atoms with Crippen LogP contribution < -0.4 is 14.8 Å². The predicted molar refractivity (Wildman–Crippen MR) is 105 cm³/mol. The zero-order valence-electron chi connectivity index (χ0n) is 15.9. The van der Waals surface area contributed by atoms with Crippen molar-refractivity contribution < 1.29 is 14.3 Å². The van der Waals surface area contributed by atoms with E-state index in [4.69, 9.17) is 9.47 Å². The standard InChI is InChI=1S/C22H29NO3/c1-17(2)16-21(18-11-13-19(25-3)14-12-18)23-22(24)10-7-15-26-20-8-5-4-6-9-20/h4-6,8-9,11-14,17,21H,7,10,15-16H2,1-3H3,(H,23,24)/t21-/m1/s1. The van der Waals surface area contributed by atoms with E-state index in [0.29, 0.717) is 25.4 Å². The largest absolute Gasteiger partial charge is 0.497 e. The molecular formula is C22H29NO3. The maximum absolute atomic E-state index is 12.4. The highest BCUT2D eigenvalue weighted by Gasteiger charge is 2.16. The number of benzene rings is 2. The summed E-state index contributed by atoms with van der Waals surface area (Å²) in [6.45, 7) is 4.86. The average Bonchev–Trinajstić information content (AvgIpc) is 2.65. The van der Waals surface area contributed by atoms with Crippen LogP contribution in [0.25, 0.3) is 0 Å². The van der Waals surface area contributed by atoms with Crippen LogP contribution in [0, 0.1) is 5.92 Å². The highest BCUT2D eigenvalue weighted by molar-refractivity contribution is 5.76. The molecule has 0 saturated carbocycles. The summed E-state index contributed by atoms with van der Waals surface area (Å²) in [5, 5.41) is 3.17. The molecule has 26 heavy (non-hydrogen) atoms. The van der Waals surface area contributed by atoms with Crippen molar-refractivity contribution in [2.75, 3.05) is 13.7 Å². The lowest BCUT2D eigenvalue weighted by atomic mass is 9.96. The summed E-state index contributed by atoms with van der Waals surface area (Å²) >= 11 is 0. The first kappa shape index (κ1) is 19.8. The molecular weight excluding hydrogens is 326 g/mol. The molecule has 2 rings (SSSR count). The molecule has 0 saturated heterocycles. The second kappa shape index (κ2) is 10.5. The first-order valence-corrected chi connectivity index (χ1v) is 9.19. The number of rotatable bonds is 10. The first-order valence-electron chi connectivity index (χ1n) is 9.19. The van der Waals surface area contributed by atoms with Crippen LogP contribution in [0.3, 0.4) is 0 Å². The minimum Gasteiger partial charge on any atom is -0.497 e. The Morgan fingerprint density at radius 3 is 2.31 bits per heavy atom. The Kier molecular flexibility index (Phi) is 8.00. The van der Waals surface area contributed by atoms with E-state index in [1.54, 1.807) is 7.11 Å². The molecule has 0 aliphatic rings. The van der Waals surface area contributed by atoms with Gasteiger partial charge < -0.3 is 14.8 Å². The van der Waals surface area contributed by atoms with Crippen LogP contribution in [0.1, 0.15) is 44.7 Å². The number of nitrogens with one attached hydrogen (secondary N) is 1. The second-order valence-electron chi connectivity index (χ2n) is 6.79. The number of para-hydroxylation sites is 1. The van der Waals surface area contributed by atoms with E-state index >= 15 is 0 Å². The molecule has 0 aliphatic carbocycles. The molecule has 0 bridgehead atoms. The number of carbonyl (C=O) groups is 1. The van der Waals surface area contributed by atoms with Crippen molar-refractivity contribution in [2.24, 2.45) is 5.92 Å². The van der Waals surface area contributed by atoms with Gasteiger partial charge in [0.05, 0.1) is 19.8 Å². The summed E-state index contributed by atoms with van der Waals surface area (Å²) in [5.41, 5.74) is 1.10. The Balaban J connectivity index is 1.83. The molecule has 4 nitrogen and oxygen atoms in total. The molecule has 0 spiro atoms. The second-order valence-corrected chi connectivity index (χ2v) is 6.79. The van der Waals surface area contributed by atoms with Crippen LogP contribution >= 0.6 is 0 Å². The summed E-state index contributed by atoms with van der Waals surface area (Å²) < 4.78 is 10.9. The molecule has 0 fully saturated rings. The SMILES string of the molecule is COc1ccc([C@@H](CC(C)C)NC(=O)CCCOc2ccccc2)cc1. The smallest absolute Gasteiger partial charge is 0.220 e. The zero-order valence-corrected chi connectivity index (χ0v) is 15.9. The number of amides is 1. The highest BCUT2D eigenvalue weighted by atomic mass is 16.5. The van der Waals surface area contributed by atoms with Gasteiger partial charge in [0.1, 0.15) is 11.5 Å². The third-order valence-corrected chi connectivity index (χ3v) is 4.12. The maximum Gasteiger partial charge on any atom is 0.220 e. The molecule has 0 aromatic heterocycles. The van der Waals surface area contributed by atoms with Crippen LogP contribution in [0.15, 0.2) is 54.6 Å². The minimum absolute atomic E-state index is 0.0171. The lowest BCUT2D eigenvalue weighted by Crippen LogP contribution is -2.29. The molecule has 0 radical (unpaired) electrons. The van der Waals surface area contributed by atoms with Gasteiger partial charge in [-0.2, -0.15) is 0 Å². The fourth-order valence-electron chi connectivity index (χ4n) is 2.79. The van der Waals surface area contributed by atoms with Gasteiger partial charge in [-0.25, -0.2) is 0 Å². The van der Waals surface area contributed by atoms with Gasteiger partial charge in [-0.1, -0.05) is 44.2 Å². The van der Waals surface area contributed by atoms with Crippen molar-refractivity contribution in [1.82, 2.24) is 5.32 Å². The van der Waals surface area contributed by atoms with Crippen molar-refractivity contribution in [1.29, 1.82) is 0 Å². The van der Waals surface area contributed by atoms with E-state index in [9.17, 15) is 4.79 Å². The molecule has 0 unspecified atom stereocenters. The zero-order chi connectivity index (χ0) is 18.8. The maximum atomic E-state index is 12.4. The molecule has 1 atom stereocenters. The molecule has 4 heteroatoms. The molecule has 2 aromatic carbocycles. The summed E-state index contributed by atoms with van der Waals surface area (Å²) in [7, 11) is 1.65. The van der Waals surface area contributed by atoms with Gasteiger partial charge in [-0.3, -0.25) is 4.79 Å². The number of carbonyl (C=O) groups excluding carboxylic acids is 1. The van der Waals surface area contributed by atoms with Crippen molar-refractivity contribution >= 4 is 5.91 Å². The van der Waals surface area contributed by atoms with Gasteiger partial charge in [-0.05, 0) is 48.6 Å². The van der Waals surface area contributed by atoms with Crippen molar-refractivity contribution in [3.8, 4) is 11.5 Å². The Bertz CT molecular complexity index is 653.